The molecule has 0 aliphatic heterocycles. The van der Waals surface area contributed by atoms with Crippen LogP contribution in [0.3, 0.4) is 0 Å². The molecule has 2 aromatic rings. The lowest BCUT2D eigenvalue weighted by Crippen LogP contribution is -2.30. The van der Waals surface area contributed by atoms with Gasteiger partial charge in [0.15, 0.2) is 6.10 Å². The van der Waals surface area contributed by atoms with E-state index < -0.39 is 18.0 Å². The van der Waals surface area contributed by atoms with Crippen LogP contribution in [0.5, 0.6) is 5.75 Å². The van der Waals surface area contributed by atoms with E-state index >= 15 is 0 Å². The van der Waals surface area contributed by atoms with Gasteiger partial charge < -0.3 is 24.3 Å². The lowest BCUT2D eigenvalue weighted by molar-refractivity contribution is -0.123. The van der Waals surface area contributed by atoms with Crippen LogP contribution in [-0.4, -0.2) is 30.2 Å². The van der Waals surface area contributed by atoms with E-state index in [2.05, 4.69) is 5.32 Å². The predicted molar refractivity (Wildman–Crippen MR) is 90.9 cm³/mol. The third-order valence-electron chi connectivity index (χ3n) is 3.42. The number of methoxy groups -OCH3 is 1. The molecule has 2 N–H and O–H groups in total. The van der Waals surface area contributed by atoms with E-state index in [0.29, 0.717) is 22.2 Å². The molecule has 8 heteroatoms. The van der Waals surface area contributed by atoms with Crippen LogP contribution in [-0.2, 0) is 16.1 Å². The number of furan rings is 1. The van der Waals surface area contributed by atoms with Crippen molar-refractivity contribution in [2.45, 2.75) is 26.6 Å². The first-order chi connectivity index (χ1) is 11.8. The molecule has 2 rings (SSSR count). The maximum Gasteiger partial charge on any atom is 0.342 e. The molecule has 0 saturated carbocycles. The van der Waals surface area contributed by atoms with Gasteiger partial charge in [0.2, 0.25) is 0 Å². The second-order valence-corrected chi connectivity index (χ2v) is 5.66. The number of ether oxygens (including phenoxy) is 2. The smallest absolute Gasteiger partial charge is 0.342 e. The van der Waals surface area contributed by atoms with Crippen LogP contribution in [0.2, 0.25) is 5.02 Å². The Hall–Kier alpha value is -2.51. The minimum absolute atomic E-state index is 0.157. The molecule has 1 heterocycles. The molecule has 0 bridgehead atoms. The molecule has 1 amide bonds. The molecule has 0 spiro atoms. The lowest BCUT2D eigenvalue weighted by Gasteiger charge is -2.15. The average Bonchev–Trinajstić information content (AvgIpc) is 2.96. The van der Waals surface area contributed by atoms with E-state index in [9.17, 15) is 9.59 Å². The highest BCUT2D eigenvalue weighted by Crippen LogP contribution is 2.28. The second-order valence-electron chi connectivity index (χ2n) is 5.22. The summed E-state index contributed by atoms with van der Waals surface area (Å²) in [7, 11) is 1.46. The molecule has 1 aromatic heterocycles. The quantitative estimate of drug-likeness (QED) is 0.762. The Balaban J connectivity index is 2.06. The van der Waals surface area contributed by atoms with Gasteiger partial charge >= 0.3 is 5.97 Å². The van der Waals surface area contributed by atoms with Crippen molar-refractivity contribution in [3.8, 4) is 5.75 Å². The molecule has 0 aliphatic rings. The summed E-state index contributed by atoms with van der Waals surface area (Å²) in [6, 6.07) is 6.14. The summed E-state index contributed by atoms with van der Waals surface area (Å²) in [6.07, 6.45) is -1.07. The Morgan fingerprint density at radius 3 is 2.68 bits per heavy atom. The molecule has 0 unspecified atom stereocenters. The number of hydrogen-bond acceptors (Lipinski definition) is 6. The number of hydrogen-bond donors (Lipinski definition) is 2. The Labute approximate surface area is 149 Å². The fourth-order valence-electron chi connectivity index (χ4n) is 2.11. The van der Waals surface area contributed by atoms with Gasteiger partial charge in [0.1, 0.15) is 29.4 Å². The van der Waals surface area contributed by atoms with Gasteiger partial charge in [0.25, 0.3) is 5.91 Å². The molecule has 0 fully saturated rings. The number of aliphatic hydroxyl groups is 1. The van der Waals surface area contributed by atoms with Crippen molar-refractivity contribution in [3.05, 3.63) is 46.4 Å². The summed E-state index contributed by atoms with van der Waals surface area (Å²) >= 11 is 5.91. The van der Waals surface area contributed by atoms with E-state index in [0.717, 1.165) is 0 Å². The van der Waals surface area contributed by atoms with Gasteiger partial charge in [-0.25, -0.2) is 4.79 Å². The lowest BCUT2D eigenvalue weighted by atomic mass is 10.2. The fourth-order valence-corrected chi connectivity index (χ4v) is 2.29. The van der Waals surface area contributed by atoms with Crippen LogP contribution in [0.15, 0.2) is 28.7 Å². The summed E-state index contributed by atoms with van der Waals surface area (Å²) in [6.45, 7) is 2.67. The number of nitrogens with one attached hydrogen (secondary N) is 1. The molecular weight excluding hydrogens is 350 g/mol. The van der Waals surface area contributed by atoms with Crippen molar-refractivity contribution in [3.63, 3.8) is 0 Å². The number of carbonyl (C=O) groups is 2. The number of rotatable bonds is 6. The van der Waals surface area contributed by atoms with Gasteiger partial charge in [-0.2, -0.15) is 0 Å². The number of amides is 1. The summed E-state index contributed by atoms with van der Waals surface area (Å²) in [5.74, 6) is -0.294. The zero-order valence-electron chi connectivity index (χ0n) is 14.0. The second kappa shape index (κ2) is 8.04. The first-order valence-electron chi connectivity index (χ1n) is 7.41. The summed E-state index contributed by atoms with van der Waals surface area (Å²) in [5.41, 5.74) is 0.522. The third kappa shape index (κ3) is 4.52. The van der Waals surface area contributed by atoms with Gasteiger partial charge in [-0.15, -0.1) is 0 Å². The van der Waals surface area contributed by atoms with Gasteiger partial charge in [0.05, 0.1) is 12.8 Å². The van der Waals surface area contributed by atoms with Crippen molar-refractivity contribution < 1.29 is 28.6 Å². The van der Waals surface area contributed by atoms with Crippen LogP contribution in [0.1, 0.15) is 28.8 Å². The average molecular weight is 368 g/mol. The van der Waals surface area contributed by atoms with Crippen LogP contribution >= 0.6 is 11.6 Å². The van der Waals surface area contributed by atoms with E-state index in [1.165, 1.54) is 26.2 Å². The largest absolute Gasteiger partial charge is 0.495 e. The molecule has 0 saturated heterocycles. The zero-order chi connectivity index (χ0) is 18.6. The first kappa shape index (κ1) is 18.8. The van der Waals surface area contributed by atoms with E-state index in [1.807, 2.05) is 0 Å². The van der Waals surface area contributed by atoms with Gasteiger partial charge in [-0.05, 0) is 38.1 Å². The van der Waals surface area contributed by atoms with Crippen LogP contribution in [0.4, 0.5) is 5.69 Å². The number of aliphatic hydroxyl groups excluding tert-OH is 1. The Kier molecular flexibility index (Phi) is 6.06. The SMILES string of the molecule is COc1ccc(Cl)cc1NC(=O)[C@@H](C)OC(=O)c1cc(CO)oc1C. The standard InChI is InChI=1S/C17H18ClNO6/c1-9-13(7-12(8-20)24-9)17(22)25-10(2)16(21)19-14-6-11(18)4-5-15(14)23-3/h4-7,10,20H,8H2,1-3H3,(H,19,21)/t10-/m1/s1. The topological polar surface area (TPSA) is 98.0 Å². The van der Waals surface area contributed by atoms with Crippen LogP contribution in [0, 0.1) is 6.92 Å². The molecule has 7 nitrogen and oxygen atoms in total. The number of carbonyl (C=O) groups excluding carboxylic acids is 2. The van der Waals surface area contributed by atoms with E-state index in [-0.39, 0.29) is 17.9 Å². The number of halogens is 1. The van der Waals surface area contributed by atoms with Gasteiger partial charge in [-0.3, -0.25) is 4.79 Å². The zero-order valence-corrected chi connectivity index (χ0v) is 14.7. The first-order valence-corrected chi connectivity index (χ1v) is 7.79. The highest BCUT2D eigenvalue weighted by Gasteiger charge is 2.23. The minimum Gasteiger partial charge on any atom is -0.495 e. The minimum atomic E-state index is -1.07. The number of anilines is 1. The third-order valence-corrected chi connectivity index (χ3v) is 3.65. The number of esters is 1. The summed E-state index contributed by atoms with van der Waals surface area (Å²) in [4.78, 5) is 24.4. The van der Waals surface area contributed by atoms with Crippen molar-refractivity contribution in [1.82, 2.24) is 0 Å². The van der Waals surface area contributed by atoms with E-state index in [4.69, 9.17) is 30.6 Å². The maximum atomic E-state index is 12.3. The monoisotopic (exact) mass is 367 g/mol. The normalized spacial score (nSPS) is 11.7. The Morgan fingerprint density at radius 1 is 1.36 bits per heavy atom. The van der Waals surface area contributed by atoms with Crippen LogP contribution < -0.4 is 10.1 Å². The molecule has 0 radical (unpaired) electrons. The molecular formula is C17H18ClNO6. The van der Waals surface area contributed by atoms with E-state index in [1.54, 1.807) is 19.1 Å². The highest BCUT2D eigenvalue weighted by molar-refractivity contribution is 6.31. The molecule has 25 heavy (non-hydrogen) atoms. The fraction of sp³-hybridized carbons (Fsp3) is 0.294. The van der Waals surface area contributed by atoms with Gasteiger partial charge in [-0.1, -0.05) is 11.6 Å². The molecule has 1 atom stereocenters. The Morgan fingerprint density at radius 2 is 2.08 bits per heavy atom. The number of aryl methyl sites for hydroxylation is 1. The van der Waals surface area contributed by atoms with Gasteiger partial charge in [0, 0.05) is 5.02 Å². The maximum absolute atomic E-state index is 12.3. The summed E-state index contributed by atoms with van der Waals surface area (Å²) < 4.78 is 15.5. The van der Waals surface area contributed by atoms with Crippen molar-refractivity contribution in [2.24, 2.45) is 0 Å². The van der Waals surface area contributed by atoms with Crippen molar-refractivity contribution in [1.29, 1.82) is 0 Å². The summed E-state index contributed by atoms with van der Waals surface area (Å²) in [5, 5.41) is 12.1. The van der Waals surface area contributed by atoms with Crippen LogP contribution in [0.25, 0.3) is 0 Å². The predicted octanol–water partition coefficient (Wildman–Crippen LogP) is 2.93. The van der Waals surface area contributed by atoms with Crippen molar-refractivity contribution >= 4 is 29.2 Å². The molecule has 1 aromatic carbocycles. The highest BCUT2D eigenvalue weighted by atomic mass is 35.5. The Bertz CT molecular complexity index is 785. The van der Waals surface area contributed by atoms with Crippen molar-refractivity contribution in [2.75, 3.05) is 12.4 Å². The molecule has 134 valence electrons. The molecule has 0 aliphatic carbocycles. The number of benzene rings is 1.